The van der Waals surface area contributed by atoms with Gasteiger partial charge in [-0.1, -0.05) is 45.9 Å². The van der Waals surface area contributed by atoms with Crippen LogP contribution in [0.15, 0.2) is 54.7 Å². The highest BCUT2D eigenvalue weighted by Gasteiger charge is 2.55. The topological polar surface area (TPSA) is 188 Å². The van der Waals surface area contributed by atoms with Crippen LogP contribution >= 0.6 is 0 Å². The SMILES string of the molecule is COC(=O)N[C@H](C(=O)N1CCC[C@H]1c1ncc(-c2ccc3nc(-c4ccc5nc([C@@H]6CC7(CC7)CN6C(=O)[C@@H](NC(=O)OC)C(C)C)[nH]c5c4)ccc3c2)[nH]1)C(C)C. The van der Waals surface area contributed by atoms with Crippen molar-refractivity contribution in [1.29, 1.82) is 0 Å². The minimum absolute atomic E-state index is 0.104. The van der Waals surface area contributed by atoms with Gasteiger partial charge in [-0.3, -0.25) is 9.59 Å². The summed E-state index contributed by atoms with van der Waals surface area (Å²) in [6.07, 6.45) is 5.14. The molecule has 0 bridgehead atoms. The number of aromatic amines is 2. The van der Waals surface area contributed by atoms with Crippen LogP contribution in [0.4, 0.5) is 9.59 Å². The first-order valence-electron chi connectivity index (χ1n) is 20.1. The summed E-state index contributed by atoms with van der Waals surface area (Å²) in [6, 6.07) is 14.4. The van der Waals surface area contributed by atoms with Gasteiger partial charge in [-0.05, 0) is 79.7 Å². The molecule has 1 aliphatic carbocycles. The van der Waals surface area contributed by atoms with E-state index in [9.17, 15) is 19.2 Å². The van der Waals surface area contributed by atoms with Crippen molar-refractivity contribution < 1.29 is 28.7 Å². The Labute approximate surface area is 336 Å². The van der Waals surface area contributed by atoms with E-state index in [1.165, 1.54) is 14.2 Å². The fourth-order valence-electron chi connectivity index (χ4n) is 8.60. The monoisotopic (exact) mass is 789 g/mol. The maximum Gasteiger partial charge on any atom is 0.407 e. The molecule has 2 aliphatic heterocycles. The van der Waals surface area contributed by atoms with Gasteiger partial charge in [0.2, 0.25) is 11.8 Å². The molecule has 0 unspecified atom stereocenters. The van der Waals surface area contributed by atoms with Gasteiger partial charge in [0.1, 0.15) is 23.7 Å². The molecule has 4 N–H and O–H groups in total. The van der Waals surface area contributed by atoms with Crippen molar-refractivity contribution in [1.82, 2.24) is 45.4 Å². The van der Waals surface area contributed by atoms with Crippen LogP contribution in [0.5, 0.6) is 0 Å². The van der Waals surface area contributed by atoms with Crippen molar-refractivity contribution in [3.8, 4) is 22.5 Å². The molecule has 8 rings (SSSR count). The summed E-state index contributed by atoms with van der Waals surface area (Å²) in [5.41, 5.74) is 6.15. The zero-order chi connectivity index (χ0) is 40.9. The van der Waals surface area contributed by atoms with Gasteiger partial charge in [0.15, 0.2) is 0 Å². The molecule has 1 spiro atoms. The van der Waals surface area contributed by atoms with Crippen molar-refractivity contribution in [3.05, 3.63) is 66.4 Å². The van der Waals surface area contributed by atoms with Crippen LogP contribution in [0.25, 0.3) is 44.5 Å². The van der Waals surface area contributed by atoms with Crippen LogP contribution in [0.1, 0.15) is 83.5 Å². The summed E-state index contributed by atoms with van der Waals surface area (Å²) >= 11 is 0. The standard InChI is InChI=1S/C43H51N9O6/c1-23(2)35(49-41(55)57-5)39(53)51-17-7-8-33(51)37-44-21-32(48-37)26-10-13-28-25(18-26)9-12-29(45-28)27-11-14-30-31(19-27)47-38(46-30)34-20-43(15-16-43)22-52(34)40(54)36(24(3)4)50-42(56)58-6/h9-14,18-19,21,23-24,33-36H,7-8,15-17,20,22H2,1-6H3,(H,44,48)(H,46,47)(H,49,55)(H,50,56)/t33-,34-,35-,36-/m0/s1. The Balaban J connectivity index is 0.997. The molecule has 3 aliphatic rings. The third kappa shape index (κ3) is 7.45. The second-order valence-electron chi connectivity index (χ2n) is 16.7. The molecule has 4 atom stereocenters. The highest BCUT2D eigenvalue weighted by molar-refractivity contribution is 5.89. The molecule has 15 heteroatoms. The van der Waals surface area contributed by atoms with Gasteiger partial charge >= 0.3 is 12.2 Å². The number of carbonyl (C=O) groups is 4. The van der Waals surface area contributed by atoms with Crippen LogP contribution in [-0.2, 0) is 19.1 Å². The molecule has 0 radical (unpaired) electrons. The fraction of sp³-hybridized carbons (Fsp3) is 0.465. The number of methoxy groups -OCH3 is 2. The summed E-state index contributed by atoms with van der Waals surface area (Å²) in [4.78, 5) is 77.0. The lowest BCUT2D eigenvalue weighted by Gasteiger charge is -2.30. The van der Waals surface area contributed by atoms with E-state index in [0.717, 1.165) is 82.4 Å². The molecular formula is C43H51N9O6. The highest BCUT2D eigenvalue weighted by atomic mass is 16.5. The van der Waals surface area contributed by atoms with Crippen LogP contribution in [0.3, 0.4) is 0 Å². The first-order chi connectivity index (χ1) is 27.9. The zero-order valence-corrected chi connectivity index (χ0v) is 33.8. The predicted molar refractivity (Wildman–Crippen MR) is 217 cm³/mol. The normalized spacial score (nSPS) is 19.6. The maximum atomic E-state index is 13.9. The zero-order valence-electron chi connectivity index (χ0n) is 33.8. The summed E-state index contributed by atoms with van der Waals surface area (Å²) in [7, 11) is 2.59. The Kier molecular flexibility index (Phi) is 10.3. The van der Waals surface area contributed by atoms with E-state index in [-0.39, 0.29) is 41.1 Å². The minimum Gasteiger partial charge on any atom is -0.453 e. The number of nitrogens with one attached hydrogen (secondary N) is 4. The molecular weight excluding hydrogens is 739 g/mol. The number of imidazole rings is 2. The Morgan fingerprint density at radius 2 is 1.45 bits per heavy atom. The molecule has 58 heavy (non-hydrogen) atoms. The average Bonchev–Trinajstić information content (AvgIpc) is 3.71. The number of benzene rings is 2. The van der Waals surface area contributed by atoms with Crippen molar-refractivity contribution in [2.24, 2.45) is 17.3 Å². The summed E-state index contributed by atoms with van der Waals surface area (Å²) in [6.45, 7) is 8.87. The number of H-pyrrole nitrogens is 2. The van der Waals surface area contributed by atoms with Gasteiger partial charge < -0.3 is 39.9 Å². The number of aromatic nitrogens is 5. The van der Waals surface area contributed by atoms with Crippen LogP contribution in [0, 0.1) is 17.3 Å². The number of carbonyl (C=O) groups excluding carboxylic acids is 4. The van der Waals surface area contributed by atoms with E-state index in [1.54, 1.807) is 11.1 Å². The summed E-state index contributed by atoms with van der Waals surface area (Å²) in [5, 5.41) is 6.41. The maximum absolute atomic E-state index is 13.9. The smallest absolute Gasteiger partial charge is 0.407 e. The van der Waals surface area contributed by atoms with Crippen molar-refractivity contribution in [2.75, 3.05) is 27.3 Å². The first kappa shape index (κ1) is 38.9. The first-order valence-corrected chi connectivity index (χ1v) is 20.1. The Bertz CT molecular complexity index is 2380. The van der Waals surface area contributed by atoms with Gasteiger partial charge in [0.25, 0.3) is 0 Å². The van der Waals surface area contributed by atoms with E-state index in [0.29, 0.717) is 18.9 Å². The number of hydrogen-bond donors (Lipinski definition) is 4. The third-order valence-corrected chi connectivity index (χ3v) is 12.1. The number of amides is 4. The number of hydrogen-bond acceptors (Lipinski definition) is 9. The third-order valence-electron chi connectivity index (χ3n) is 12.1. The fourth-order valence-corrected chi connectivity index (χ4v) is 8.60. The van der Waals surface area contributed by atoms with Crippen molar-refractivity contribution in [2.45, 2.75) is 84.0 Å². The second-order valence-corrected chi connectivity index (χ2v) is 16.7. The van der Waals surface area contributed by atoms with Gasteiger partial charge in [-0.2, -0.15) is 0 Å². The van der Waals surface area contributed by atoms with Crippen LogP contribution < -0.4 is 10.6 Å². The molecule has 15 nitrogen and oxygen atoms in total. The molecule has 5 aromatic rings. The van der Waals surface area contributed by atoms with Gasteiger partial charge in [-0.25, -0.2) is 24.5 Å². The van der Waals surface area contributed by atoms with E-state index in [1.807, 2.05) is 62.9 Å². The van der Waals surface area contributed by atoms with Gasteiger partial charge in [0.05, 0.1) is 60.4 Å². The highest BCUT2D eigenvalue weighted by Crippen LogP contribution is 2.58. The molecule has 5 heterocycles. The molecule has 2 saturated heterocycles. The van der Waals surface area contributed by atoms with Crippen molar-refractivity contribution >= 4 is 45.9 Å². The van der Waals surface area contributed by atoms with E-state index in [4.69, 9.17) is 24.4 Å². The van der Waals surface area contributed by atoms with Crippen LogP contribution in [0.2, 0.25) is 0 Å². The Hall–Kier alpha value is -5.99. The molecule has 1 saturated carbocycles. The number of likely N-dealkylation sites (tertiary alicyclic amines) is 2. The van der Waals surface area contributed by atoms with Gasteiger partial charge in [0, 0.05) is 29.6 Å². The molecule has 304 valence electrons. The Morgan fingerprint density at radius 1 is 0.776 bits per heavy atom. The average molecular weight is 790 g/mol. The minimum atomic E-state index is -0.700. The number of nitrogens with zero attached hydrogens (tertiary/aromatic N) is 5. The Morgan fingerprint density at radius 3 is 2.12 bits per heavy atom. The summed E-state index contributed by atoms with van der Waals surface area (Å²) < 4.78 is 9.59. The van der Waals surface area contributed by atoms with Gasteiger partial charge in [-0.15, -0.1) is 0 Å². The number of pyridine rings is 1. The quantitative estimate of drug-likeness (QED) is 0.120. The second kappa shape index (κ2) is 15.4. The molecule has 2 aromatic carbocycles. The van der Waals surface area contributed by atoms with Crippen molar-refractivity contribution in [3.63, 3.8) is 0 Å². The number of alkyl carbamates (subject to hydrolysis) is 2. The van der Waals surface area contributed by atoms with E-state index >= 15 is 0 Å². The predicted octanol–water partition coefficient (Wildman–Crippen LogP) is 6.65. The lowest BCUT2D eigenvalue weighted by atomic mass is 10.0. The lowest BCUT2D eigenvalue weighted by Crippen LogP contribution is -2.51. The lowest BCUT2D eigenvalue weighted by molar-refractivity contribution is -0.136. The summed E-state index contributed by atoms with van der Waals surface area (Å²) in [5.74, 6) is 0.957. The van der Waals surface area contributed by atoms with E-state index < -0.39 is 24.3 Å². The molecule has 4 amide bonds. The molecule has 3 fully saturated rings. The largest absolute Gasteiger partial charge is 0.453 e. The number of fused-ring (bicyclic) bond motifs is 2. The number of ether oxygens (including phenoxy) is 2. The molecule has 3 aromatic heterocycles. The van der Waals surface area contributed by atoms with E-state index in [2.05, 4.69) is 38.8 Å². The van der Waals surface area contributed by atoms with Crippen LogP contribution in [-0.4, -0.2) is 98.1 Å². The number of rotatable bonds is 10.